The monoisotopic (exact) mass is 332 g/mol. The van der Waals surface area contributed by atoms with Gasteiger partial charge in [0.15, 0.2) is 0 Å². The number of methoxy groups -OCH3 is 1. The summed E-state index contributed by atoms with van der Waals surface area (Å²) in [5.41, 5.74) is 9.12. The molecule has 2 N–H and O–H groups in total. The van der Waals surface area contributed by atoms with E-state index in [1.54, 1.807) is 7.11 Å². The summed E-state index contributed by atoms with van der Waals surface area (Å²) in [4.78, 5) is 14.0. The van der Waals surface area contributed by atoms with Crippen LogP contribution in [-0.4, -0.2) is 37.8 Å². The molecule has 1 heterocycles. The molecule has 1 aromatic rings. The lowest BCUT2D eigenvalue weighted by Gasteiger charge is -2.41. The van der Waals surface area contributed by atoms with Gasteiger partial charge in [0.05, 0.1) is 13.7 Å². The number of ether oxygens (including phenoxy) is 2. The third kappa shape index (κ3) is 2.97. The van der Waals surface area contributed by atoms with E-state index in [1.165, 1.54) is 5.56 Å². The van der Waals surface area contributed by atoms with Crippen molar-refractivity contribution in [2.45, 2.75) is 45.1 Å². The van der Waals surface area contributed by atoms with E-state index in [9.17, 15) is 4.79 Å². The summed E-state index contributed by atoms with van der Waals surface area (Å²) < 4.78 is 10.8. The Balaban J connectivity index is 1.65. The minimum absolute atomic E-state index is 0.0260. The summed E-state index contributed by atoms with van der Waals surface area (Å²) in [6.45, 7) is 4.04. The maximum atomic E-state index is 12.1. The van der Waals surface area contributed by atoms with Crippen molar-refractivity contribution in [3.63, 3.8) is 0 Å². The van der Waals surface area contributed by atoms with E-state index in [2.05, 4.69) is 13.0 Å². The first-order valence-electron chi connectivity index (χ1n) is 8.94. The van der Waals surface area contributed by atoms with Gasteiger partial charge in [0.2, 0.25) is 0 Å². The van der Waals surface area contributed by atoms with Crippen molar-refractivity contribution in [2.75, 3.05) is 26.8 Å². The fourth-order valence-corrected chi connectivity index (χ4v) is 4.09. The number of benzene rings is 1. The number of rotatable bonds is 4. The van der Waals surface area contributed by atoms with Crippen molar-refractivity contribution in [2.24, 2.45) is 11.1 Å². The molecule has 1 atom stereocenters. The lowest BCUT2D eigenvalue weighted by Crippen LogP contribution is -2.46. The molecular weight excluding hydrogens is 304 g/mol. The largest absolute Gasteiger partial charge is 0.496 e. The number of nitrogens with two attached hydrogens (primary N) is 1. The molecule has 1 amide bonds. The number of carbonyl (C=O) groups excluding carboxylic acids is 1. The molecule has 1 aromatic carbocycles. The summed E-state index contributed by atoms with van der Waals surface area (Å²) in [5, 5.41) is 0. The van der Waals surface area contributed by atoms with E-state index >= 15 is 0 Å². The zero-order valence-electron chi connectivity index (χ0n) is 14.7. The topological polar surface area (TPSA) is 64.8 Å². The van der Waals surface area contributed by atoms with Crippen LogP contribution in [0.4, 0.5) is 4.79 Å². The van der Waals surface area contributed by atoms with Crippen LogP contribution in [-0.2, 0) is 11.2 Å². The van der Waals surface area contributed by atoms with Crippen LogP contribution < -0.4 is 10.5 Å². The maximum absolute atomic E-state index is 12.1. The lowest BCUT2D eigenvalue weighted by atomic mass is 9.73. The normalized spacial score (nSPS) is 21.6. The van der Waals surface area contributed by atoms with Crippen molar-refractivity contribution >= 4 is 6.09 Å². The number of fused-ring (bicyclic) bond motifs is 1. The van der Waals surface area contributed by atoms with Crippen LogP contribution in [0.5, 0.6) is 5.75 Å². The predicted molar refractivity (Wildman–Crippen MR) is 93.1 cm³/mol. The van der Waals surface area contributed by atoms with Crippen LogP contribution in [0.25, 0.3) is 0 Å². The number of hydrogen-bond donors (Lipinski definition) is 1. The highest BCUT2D eigenvalue weighted by molar-refractivity contribution is 5.67. The average Bonchev–Trinajstić information content (AvgIpc) is 2.88. The van der Waals surface area contributed by atoms with Gasteiger partial charge in [-0.2, -0.15) is 0 Å². The molecule has 1 unspecified atom stereocenters. The van der Waals surface area contributed by atoms with Gasteiger partial charge in [-0.05, 0) is 42.7 Å². The fourth-order valence-electron chi connectivity index (χ4n) is 4.09. The number of nitrogens with zero attached hydrogens (tertiary/aromatic N) is 1. The smallest absolute Gasteiger partial charge is 0.409 e. The molecule has 0 radical (unpaired) electrons. The zero-order chi connectivity index (χ0) is 17.2. The van der Waals surface area contributed by atoms with Crippen molar-refractivity contribution in [3.8, 4) is 5.75 Å². The first-order chi connectivity index (χ1) is 11.6. The Kier molecular flexibility index (Phi) is 4.99. The molecule has 2 aliphatic rings. The molecule has 0 saturated carbocycles. The van der Waals surface area contributed by atoms with Crippen molar-refractivity contribution in [1.29, 1.82) is 0 Å². The van der Waals surface area contributed by atoms with Crippen molar-refractivity contribution in [3.05, 3.63) is 29.3 Å². The molecule has 5 nitrogen and oxygen atoms in total. The van der Waals surface area contributed by atoms with Gasteiger partial charge in [-0.1, -0.05) is 25.5 Å². The third-order valence-electron chi connectivity index (χ3n) is 5.63. The molecule has 1 aliphatic heterocycles. The highest BCUT2D eigenvalue weighted by Crippen LogP contribution is 2.53. The van der Waals surface area contributed by atoms with Gasteiger partial charge < -0.3 is 20.1 Å². The number of carbonyl (C=O) groups is 1. The van der Waals surface area contributed by atoms with E-state index in [-0.39, 0.29) is 17.6 Å². The van der Waals surface area contributed by atoms with E-state index in [0.29, 0.717) is 6.61 Å². The Morgan fingerprint density at radius 3 is 2.79 bits per heavy atom. The molecule has 24 heavy (non-hydrogen) atoms. The highest BCUT2D eigenvalue weighted by Gasteiger charge is 2.47. The Labute approximate surface area is 144 Å². The lowest BCUT2D eigenvalue weighted by molar-refractivity contribution is 0.0584. The van der Waals surface area contributed by atoms with E-state index in [0.717, 1.165) is 56.5 Å². The maximum Gasteiger partial charge on any atom is 0.409 e. The third-order valence-corrected chi connectivity index (χ3v) is 5.63. The SMILES string of the molecule is CCCCOC(=O)N1CCC2(CC1)Cc1cccc(OC)c1C2N. The second-order valence-electron chi connectivity index (χ2n) is 7.00. The number of unbranched alkanes of at least 4 members (excludes halogenated alkanes) is 1. The second-order valence-corrected chi connectivity index (χ2v) is 7.00. The molecule has 5 heteroatoms. The summed E-state index contributed by atoms with van der Waals surface area (Å²) in [5.74, 6) is 0.887. The molecule has 3 rings (SSSR count). The molecule has 1 spiro atoms. The van der Waals surface area contributed by atoms with Crippen LogP contribution in [0, 0.1) is 5.41 Å². The number of hydrogen-bond acceptors (Lipinski definition) is 4. The summed E-state index contributed by atoms with van der Waals surface area (Å²) in [7, 11) is 1.70. The Morgan fingerprint density at radius 2 is 2.12 bits per heavy atom. The molecule has 1 fully saturated rings. The minimum Gasteiger partial charge on any atom is -0.496 e. The number of likely N-dealkylation sites (tertiary alicyclic amines) is 1. The van der Waals surface area contributed by atoms with Crippen LogP contribution in [0.2, 0.25) is 0 Å². The van der Waals surface area contributed by atoms with Gasteiger partial charge >= 0.3 is 6.09 Å². The molecule has 0 bridgehead atoms. The number of piperidine rings is 1. The van der Waals surface area contributed by atoms with Gasteiger partial charge in [-0.25, -0.2) is 4.79 Å². The second kappa shape index (κ2) is 7.01. The van der Waals surface area contributed by atoms with Crippen LogP contribution >= 0.6 is 0 Å². The van der Waals surface area contributed by atoms with Crippen LogP contribution in [0.1, 0.15) is 49.8 Å². The molecular formula is C19H28N2O3. The van der Waals surface area contributed by atoms with E-state index < -0.39 is 0 Å². The fraction of sp³-hybridized carbons (Fsp3) is 0.632. The summed E-state index contributed by atoms with van der Waals surface area (Å²) in [6, 6.07) is 6.14. The Morgan fingerprint density at radius 1 is 1.38 bits per heavy atom. The van der Waals surface area contributed by atoms with E-state index in [1.807, 2.05) is 17.0 Å². The minimum atomic E-state index is -0.181. The summed E-state index contributed by atoms with van der Waals surface area (Å²) in [6.07, 6.45) is 4.57. The standard InChI is InChI=1S/C19H28N2O3/c1-3-4-12-24-18(22)21-10-8-19(9-11-21)13-14-6-5-7-15(23-2)16(14)17(19)20/h5-7,17H,3-4,8-13,20H2,1-2H3. The Hall–Kier alpha value is -1.75. The van der Waals surface area contributed by atoms with Crippen LogP contribution in [0.3, 0.4) is 0 Å². The van der Waals surface area contributed by atoms with Gasteiger partial charge in [-0.3, -0.25) is 0 Å². The first-order valence-corrected chi connectivity index (χ1v) is 8.94. The molecule has 1 aliphatic carbocycles. The number of amides is 1. The average molecular weight is 332 g/mol. The van der Waals surface area contributed by atoms with Crippen molar-refractivity contribution in [1.82, 2.24) is 4.90 Å². The molecule has 132 valence electrons. The van der Waals surface area contributed by atoms with Crippen molar-refractivity contribution < 1.29 is 14.3 Å². The quantitative estimate of drug-likeness (QED) is 0.860. The van der Waals surface area contributed by atoms with Gasteiger partial charge in [0, 0.05) is 24.7 Å². The zero-order valence-corrected chi connectivity index (χ0v) is 14.7. The first kappa shape index (κ1) is 17.1. The molecule has 0 aromatic heterocycles. The highest BCUT2D eigenvalue weighted by atomic mass is 16.6. The Bertz CT molecular complexity index is 594. The van der Waals surface area contributed by atoms with Gasteiger partial charge in [0.1, 0.15) is 5.75 Å². The van der Waals surface area contributed by atoms with Gasteiger partial charge in [-0.15, -0.1) is 0 Å². The molecule has 1 saturated heterocycles. The van der Waals surface area contributed by atoms with Gasteiger partial charge in [0.25, 0.3) is 0 Å². The van der Waals surface area contributed by atoms with Crippen LogP contribution in [0.15, 0.2) is 18.2 Å². The van der Waals surface area contributed by atoms with E-state index in [4.69, 9.17) is 15.2 Å². The predicted octanol–water partition coefficient (Wildman–Crippen LogP) is 3.27. The summed E-state index contributed by atoms with van der Waals surface area (Å²) >= 11 is 0.